The number of nitrogens with zero attached hydrogens (tertiary/aromatic N) is 4. The van der Waals surface area contributed by atoms with Gasteiger partial charge >= 0.3 is 0 Å². The first kappa shape index (κ1) is 12.4. The number of anilines is 2. The van der Waals surface area contributed by atoms with E-state index in [1.165, 1.54) is 12.8 Å². The number of rotatable bonds is 3. The molecule has 4 nitrogen and oxygen atoms in total. The van der Waals surface area contributed by atoms with Crippen LogP contribution in [0.25, 0.3) is 0 Å². The van der Waals surface area contributed by atoms with Gasteiger partial charge in [-0.05, 0) is 24.8 Å². The molecule has 0 aromatic carbocycles. The van der Waals surface area contributed by atoms with Gasteiger partial charge in [0.15, 0.2) is 0 Å². The van der Waals surface area contributed by atoms with E-state index in [1.54, 1.807) is 0 Å². The van der Waals surface area contributed by atoms with Gasteiger partial charge in [-0.15, -0.1) is 11.6 Å². The molecule has 0 spiro atoms. The molecule has 1 saturated heterocycles. The molecule has 1 aromatic rings. The summed E-state index contributed by atoms with van der Waals surface area (Å²) in [6.45, 7) is 2.07. The van der Waals surface area contributed by atoms with Crippen LogP contribution in [0.2, 0.25) is 0 Å². The minimum Gasteiger partial charge on any atom is -0.356 e. The standard InChI is InChI=1S/C12H19ClN4/c1-16(2)12-14-6-5-11(15-12)17-7-3-4-10(8-13)9-17/h5-6,10H,3-4,7-9H2,1-2H3. The molecular weight excluding hydrogens is 236 g/mol. The molecule has 1 fully saturated rings. The zero-order valence-electron chi connectivity index (χ0n) is 10.4. The van der Waals surface area contributed by atoms with Crippen molar-refractivity contribution in [3.63, 3.8) is 0 Å². The Kier molecular flexibility index (Phi) is 4.05. The van der Waals surface area contributed by atoms with E-state index in [0.717, 1.165) is 30.7 Å². The van der Waals surface area contributed by atoms with Crippen LogP contribution in [0.15, 0.2) is 12.3 Å². The van der Waals surface area contributed by atoms with Gasteiger partial charge in [0.05, 0.1) is 0 Å². The molecule has 1 aliphatic rings. The SMILES string of the molecule is CN(C)c1nccc(N2CCCC(CCl)C2)n1. The molecule has 2 rings (SSSR count). The molecule has 5 heteroatoms. The topological polar surface area (TPSA) is 32.3 Å². The van der Waals surface area contributed by atoms with E-state index in [0.29, 0.717) is 5.92 Å². The molecule has 0 bridgehead atoms. The first-order valence-corrected chi connectivity index (χ1v) is 6.55. The molecule has 0 amide bonds. The van der Waals surface area contributed by atoms with E-state index in [1.807, 2.05) is 31.3 Å². The van der Waals surface area contributed by atoms with Crippen molar-refractivity contribution in [3.8, 4) is 0 Å². The molecule has 0 aliphatic carbocycles. The highest BCUT2D eigenvalue weighted by Gasteiger charge is 2.20. The molecule has 2 heterocycles. The van der Waals surface area contributed by atoms with Gasteiger partial charge in [0.1, 0.15) is 5.82 Å². The first-order valence-electron chi connectivity index (χ1n) is 6.02. The van der Waals surface area contributed by atoms with Gasteiger partial charge in [-0.1, -0.05) is 0 Å². The van der Waals surface area contributed by atoms with Gasteiger partial charge in [0.2, 0.25) is 5.95 Å². The van der Waals surface area contributed by atoms with Crippen LogP contribution in [0.5, 0.6) is 0 Å². The summed E-state index contributed by atoms with van der Waals surface area (Å²) in [4.78, 5) is 13.0. The molecule has 0 radical (unpaired) electrons. The third-order valence-electron chi connectivity index (χ3n) is 3.09. The first-order chi connectivity index (χ1) is 8.20. The molecule has 1 unspecified atom stereocenters. The Labute approximate surface area is 108 Å². The molecule has 0 N–H and O–H groups in total. The van der Waals surface area contributed by atoms with E-state index in [2.05, 4.69) is 14.9 Å². The van der Waals surface area contributed by atoms with Crippen LogP contribution < -0.4 is 9.80 Å². The Morgan fingerprint density at radius 1 is 1.53 bits per heavy atom. The number of alkyl halides is 1. The lowest BCUT2D eigenvalue weighted by atomic mass is 10.0. The van der Waals surface area contributed by atoms with Crippen LogP contribution in [-0.4, -0.2) is 43.0 Å². The number of halogens is 1. The summed E-state index contributed by atoms with van der Waals surface area (Å²) in [7, 11) is 3.91. The Morgan fingerprint density at radius 2 is 2.35 bits per heavy atom. The van der Waals surface area contributed by atoms with Crippen molar-refractivity contribution in [2.24, 2.45) is 5.92 Å². The molecule has 1 aromatic heterocycles. The van der Waals surface area contributed by atoms with Crippen molar-refractivity contribution in [2.75, 3.05) is 42.9 Å². The van der Waals surface area contributed by atoms with E-state index in [-0.39, 0.29) is 0 Å². The maximum absolute atomic E-state index is 5.95. The van der Waals surface area contributed by atoms with Gasteiger partial charge in [0.25, 0.3) is 0 Å². The summed E-state index contributed by atoms with van der Waals surface area (Å²) in [6.07, 6.45) is 4.24. The average molecular weight is 255 g/mol. The number of hydrogen-bond acceptors (Lipinski definition) is 4. The molecule has 0 saturated carbocycles. The summed E-state index contributed by atoms with van der Waals surface area (Å²) in [6, 6.07) is 1.98. The summed E-state index contributed by atoms with van der Waals surface area (Å²) < 4.78 is 0. The molecule has 1 aliphatic heterocycles. The van der Waals surface area contributed by atoms with Crippen LogP contribution in [0.3, 0.4) is 0 Å². The molecular formula is C12H19ClN4. The highest BCUT2D eigenvalue weighted by molar-refractivity contribution is 6.18. The van der Waals surface area contributed by atoms with Crippen molar-refractivity contribution >= 4 is 23.4 Å². The normalized spacial score (nSPS) is 20.4. The minimum absolute atomic E-state index is 0.586. The number of aromatic nitrogens is 2. The fraction of sp³-hybridized carbons (Fsp3) is 0.667. The van der Waals surface area contributed by atoms with Crippen molar-refractivity contribution in [1.82, 2.24) is 9.97 Å². The lowest BCUT2D eigenvalue weighted by Crippen LogP contribution is -2.36. The fourth-order valence-electron chi connectivity index (χ4n) is 2.13. The van der Waals surface area contributed by atoms with E-state index < -0.39 is 0 Å². The van der Waals surface area contributed by atoms with Crippen LogP contribution in [0.4, 0.5) is 11.8 Å². The van der Waals surface area contributed by atoms with E-state index in [4.69, 9.17) is 11.6 Å². The maximum atomic E-state index is 5.95. The maximum Gasteiger partial charge on any atom is 0.226 e. The summed E-state index contributed by atoms with van der Waals surface area (Å²) >= 11 is 5.95. The Morgan fingerprint density at radius 3 is 3.06 bits per heavy atom. The van der Waals surface area contributed by atoms with Crippen LogP contribution >= 0.6 is 11.6 Å². The second-order valence-electron chi connectivity index (χ2n) is 4.72. The quantitative estimate of drug-likeness (QED) is 0.773. The Balaban J connectivity index is 2.13. The van der Waals surface area contributed by atoms with Gasteiger partial charge in [-0.2, -0.15) is 4.98 Å². The van der Waals surface area contributed by atoms with E-state index >= 15 is 0 Å². The predicted octanol–water partition coefficient (Wildman–Crippen LogP) is 2.00. The minimum atomic E-state index is 0.586. The number of piperidine rings is 1. The van der Waals surface area contributed by atoms with Gasteiger partial charge in [0, 0.05) is 39.3 Å². The summed E-state index contributed by atoms with van der Waals surface area (Å²) in [5, 5.41) is 0. The van der Waals surface area contributed by atoms with Crippen molar-refractivity contribution in [3.05, 3.63) is 12.3 Å². The Bertz CT molecular complexity index is 369. The van der Waals surface area contributed by atoms with Gasteiger partial charge in [-0.25, -0.2) is 4.98 Å². The predicted molar refractivity (Wildman–Crippen MR) is 72.0 cm³/mol. The van der Waals surface area contributed by atoms with Gasteiger partial charge < -0.3 is 9.80 Å². The van der Waals surface area contributed by atoms with Crippen LogP contribution in [0, 0.1) is 5.92 Å². The zero-order valence-corrected chi connectivity index (χ0v) is 11.2. The van der Waals surface area contributed by atoms with Crippen LogP contribution in [0.1, 0.15) is 12.8 Å². The van der Waals surface area contributed by atoms with Crippen LogP contribution in [-0.2, 0) is 0 Å². The zero-order chi connectivity index (χ0) is 12.3. The van der Waals surface area contributed by atoms with Crippen molar-refractivity contribution < 1.29 is 0 Å². The highest BCUT2D eigenvalue weighted by Crippen LogP contribution is 2.23. The van der Waals surface area contributed by atoms with E-state index in [9.17, 15) is 0 Å². The van der Waals surface area contributed by atoms with Crippen molar-refractivity contribution in [1.29, 1.82) is 0 Å². The largest absolute Gasteiger partial charge is 0.356 e. The van der Waals surface area contributed by atoms with Crippen molar-refractivity contribution in [2.45, 2.75) is 12.8 Å². The van der Waals surface area contributed by atoms with Gasteiger partial charge in [-0.3, -0.25) is 0 Å². The molecule has 94 valence electrons. The molecule has 17 heavy (non-hydrogen) atoms. The average Bonchev–Trinajstić information content (AvgIpc) is 2.39. The molecule has 1 atom stereocenters. The monoisotopic (exact) mass is 254 g/mol. The third-order valence-corrected chi connectivity index (χ3v) is 3.53. The summed E-state index contributed by atoms with van der Waals surface area (Å²) in [5.41, 5.74) is 0. The highest BCUT2D eigenvalue weighted by atomic mass is 35.5. The smallest absolute Gasteiger partial charge is 0.226 e. The fourth-order valence-corrected chi connectivity index (χ4v) is 2.38. The number of hydrogen-bond donors (Lipinski definition) is 0. The lowest BCUT2D eigenvalue weighted by Gasteiger charge is -2.32. The second kappa shape index (κ2) is 5.54. The third kappa shape index (κ3) is 3.00. The lowest BCUT2D eigenvalue weighted by molar-refractivity contribution is 0.448. The summed E-state index contributed by atoms with van der Waals surface area (Å²) in [5.74, 6) is 3.10. The Hall–Kier alpha value is -1.03. The second-order valence-corrected chi connectivity index (χ2v) is 5.03.